The summed E-state index contributed by atoms with van der Waals surface area (Å²) in [6.45, 7) is 0.345. The molecule has 0 bridgehead atoms. The second kappa shape index (κ2) is 7.04. The smallest absolute Gasteiger partial charge is 0.337 e. The first-order valence-electron chi connectivity index (χ1n) is 6.70. The van der Waals surface area contributed by atoms with Crippen molar-refractivity contribution in [3.63, 3.8) is 0 Å². The zero-order valence-electron chi connectivity index (χ0n) is 11.8. The predicted molar refractivity (Wildman–Crippen MR) is 82.8 cm³/mol. The van der Waals surface area contributed by atoms with E-state index in [1.54, 1.807) is 30.3 Å². The van der Waals surface area contributed by atoms with Gasteiger partial charge in [-0.15, -0.1) is 0 Å². The lowest BCUT2D eigenvalue weighted by Crippen LogP contribution is -2.13. The molecule has 0 saturated carbocycles. The molecule has 0 spiro atoms. The molecule has 116 valence electrons. The number of aromatic carboxylic acids is 1. The number of hydrogen-bond acceptors (Lipinski definition) is 5. The maximum atomic E-state index is 12.1. The molecule has 2 rings (SSSR count). The van der Waals surface area contributed by atoms with Crippen molar-refractivity contribution in [1.82, 2.24) is 4.98 Å². The van der Waals surface area contributed by atoms with E-state index in [1.807, 2.05) is 0 Å². The number of hydrogen-bond donors (Lipinski definition) is 2. The molecule has 0 aliphatic rings. The number of pyridine rings is 1. The Hall–Kier alpha value is -2.41. The zero-order valence-corrected chi connectivity index (χ0v) is 12.6. The molecule has 0 radical (unpaired) electrons. The maximum Gasteiger partial charge on any atom is 0.337 e. The summed E-state index contributed by atoms with van der Waals surface area (Å²) in [5.74, 6) is -1.06. The van der Waals surface area contributed by atoms with E-state index in [4.69, 9.17) is 5.11 Å². The standard InChI is InChI=1S/C15H16N2O4S/c18-15(19)13-7-9-16-11-14(13)17-8-4-10-22(20,21)12-5-2-1-3-6-12/h1-3,5-7,9,11,17H,4,8,10H2,(H,18,19). The molecule has 0 saturated heterocycles. The average molecular weight is 320 g/mol. The molecule has 0 unspecified atom stereocenters. The van der Waals surface area contributed by atoms with E-state index in [0.29, 0.717) is 23.5 Å². The predicted octanol–water partition coefficient (Wildman–Crippen LogP) is 2.06. The van der Waals surface area contributed by atoms with Crippen molar-refractivity contribution >= 4 is 21.5 Å². The Bertz CT molecular complexity index is 745. The van der Waals surface area contributed by atoms with Crippen LogP contribution in [0.5, 0.6) is 0 Å². The largest absolute Gasteiger partial charge is 0.478 e. The molecule has 0 atom stereocenters. The molecular weight excluding hydrogens is 304 g/mol. The molecule has 0 aliphatic carbocycles. The van der Waals surface area contributed by atoms with Gasteiger partial charge in [-0.05, 0) is 24.6 Å². The Balaban J connectivity index is 1.92. The molecule has 6 nitrogen and oxygen atoms in total. The Kier molecular flexibility index (Phi) is 5.11. The Labute approximate surface area is 128 Å². The highest BCUT2D eigenvalue weighted by Gasteiger charge is 2.14. The molecule has 0 fully saturated rings. The van der Waals surface area contributed by atoms with Crippen LogP contribution in [0.25, 0.3) is 0 Å². The van der Waals surface area contributed by atoms with Crippen molar-refractivity contribution in [2.45, 2.75) is 11.3 Å². The van der Waals surface area contributed by atoms with Crippen molar-refractivity contribution in [3.05, 3.63) is 54.4 Å². The van der Waals surface area contributed by atoms with Gasteiger partial charge >= 0.3 is 5.97 Å². The summed E-state index contributed by atoms with van der Waals surface area (Å²) in [7, 11) is -3.31. The van der Waals surface area contributed by atoms with E-state index in [0.717, 1.165) is 0 Å². The lowest BCUT2D eigenvalue weighted by molar-refractivity contribution is 0.0698. The average Bonchev–Trinajstić information content (AvgIpc) is 2.53. The van der Waals surface area contributed by atoms with E-state index >= 15 is 0 Å². The Morgan fingerprint density at radius 3 is 2.59 bits per heavy atom. The lowest BCUT2D eigenvalue weighted by atomic mass is 10.2. The van der Waals surface area contributed by atoms with Crippen LogP contribution in [0, 0.1) is 0 Å². The van der Waals surface area contributed by atoms with Gasteiger partial charge in [0, 0.05) is 12.7 Å². The monoisotopic (exact) mass is 320 g/mol. The Morgan fingerprint density at radius 2 is 1.91 bits per heavy atom. The fourth-order valence-corrected chi connectivity index (χ4v) is 3.28. The Morgan fingerprint density at radius 1 is 1.18 bits per heavy atom. The summed E-state index contributed by atoms with van der Waals surface area (Å²) < 4.78 is 24.2. The third-order valence-corrected chi connectivity index (χ3v) is 4.88. The van der Waals surface area contributed by atoms with Crippen molar-refractivity contribution in [1.29, 1.82) is 0 Å². The van der Waals surface area contributed by atoms with Gasteiger partial charge in [0.05, 0.1) is 28.1 Å². The highest BCUT2D eigenvalue weighted by Crippen LogP contribution is 2.14. The van der Waals surface area contributed by atoms with E-state index < -0.39 is 15.8 Å². The van der Waals surface area contributed by atoms with Crippen LogP contribution < -0.4 is 5.32 Å². The topological polar surface area (TPSA) is 96.4 Å². The van der Waals surface area contributed by atoms with Gasteiger partial charge in [0.25, 0.3) is 0 Å². The minimum absolute atomic E-state index is 0.00726. The van der Waals surface area contributed by atoms with Crippen LogP contribution in [0.1, 0.15) is 16.8 Å². The first-order chi connectivity index (χ1) is 10.5. The van der Waals surface area contributed by atoms with E-state index in [9.17, 15) is 13.2 Å². The third-order valence-electron chi connectivity index (χ3n) is 3.06. The van der Waals surface area contributed by atoms with Crippen LogP contribution in [0.2, 0.25) is 0 Å². The van der Waals surface area contributed by atoms with Crippen LogP contribution in [-0.4, -0.2) is 36.8 Å². The van der Waals surface area contributed by atoms with Gasteiger partial charge in [0.1, 0.15) is 0 Å². The molecule has 22 heavy (non-hydrogen) atoms. The van der Waals surface area contributed by atoms with Gasteiger partial charge in [-0.25, -0.2) is 13.2 Å². The van der Waals surface area contributed by atoms with Crippen molar-refractivity contribution in [2.75, 3.05) is 17.6 Å². The molecular formula is C15H16N2O4S. The molecule has 1 aromatic carbocycles. The van der Waals surface area contributed by atoms with Gasteiger partial charge in [-0.3, -0.25) is 4.98 Å². The first-order valence-corrected chi connectivity index (χ1v) is 8.35. The maximum absolute atomic E-state index is 12.1. The number of rotatable bonds is 7. The van der Waals surface area contributed by atoms with Crippen LogP contribution in [-0.2, 0) is 9.84 Å². The zero-order chi connectivity index (χ0) is 16.0. The highest BCUT2D eigenvalue weighted by atomic mass is 32.2. The minimum atomic E-state index is -3.31. The van der Waals surface area contributed by atoms with Crippen LogP contribution in [0.4, 0.5) is 5.69 Å². The van der Waals surface area contributed by atoms with Crippen LogP contribution in [0.15, 0.2) is 53.7 Å². The van der Waals surface area contributed by atoms with Crippen molar-refractivity contribution in [3.8, 4) is 0 Å². The molecule has 0 amide bonds. The molecule has 1 heterocycles. The van der Waals surface area contributed by atoms with Gasteiger partial charge in [-0.2, -0.15) is 0 Å². The molecule has 1 aromatic heterocycles. The van der Waals surface area contributed by atoms with E-state index in [2.05, 4.69) is 10.3 Å². The van der Waals surface area contributed by atoms with Crippen molar-refractivity contribution < 1.29 is 18.3 Å². The molecule has 2 aromatic rings. The number of nitrogens with one attached hydrogen (secondary N) is 1. The summed E-state index contributed by atoms with van der Waals surface area (Å²) in [5.41, 5.74) is 0.494. The number of nitrogens with zero attached hydrogens (tertiary/aromatic N) is 1. The number of anilines is 1. The first kappa shape index (κ1) is 16.0. The second-order valence-corrected chi connectivity index (χ2v) is 6.75. The third kappa shape index (κ3) is 4.05. The molecule has 2 N–H and O–H groups in total. The fraction of sp³-hybridized carbons (Fsp3) is 0.200. The summed E-state index contributed by atoms with van der Waals surface area (Å²) >= 11 is 0. The quantitative estimate of drug-likeness (QED) is 0.758. The fourth-order valence-electron chi connectivity index (χ4n) is 1.95. The van der Waals surface area contributed by atoms with E-state index in [-0.39, 0.29) is 11.3 Å². The van der Waals surface area contributed by atoms with Gasteiger partial charge in [-0.1, -0.05) is 18.2 Å². The van der Waals surface area contributed by atoms with Gasteiger partial charge < -0.3 is 10.4 Å². The van der Waals surface area contributed by atoms with Crippen LogP contribution in [0.3, 0.4) is 0 Å². The number of aromatic nitrogens is 1. The molecule has 7 heteroatoms. The van der Waals surface area contributed by atoms with E-state index in [1.165, 1.54) is 18.5 Å². The summed E-state index contributed by atoms with van der Waals surface area (Å²) in [4.78, 5) is 15.2. The number of carboxylic acid groups (broad SMARTS) is 1. The van der Waals surface area contributed by atoms with Crippen LogP contribution >= 0.6 is 0 Å². The highest BCUT2D eigenvalue weighted by molar-refractivity contribution is 7.91. The normalized spacial score (nSPS) is 11.1. The molecule has 0 aliphatic heterocycles. The lowest BCUT2D eigenvalue weighted by Gasteiger charge is -2.09. The van der Waals surface area contributed by atoms with Crippen molar-refractivity contribution in [2.24, 2.45) is 0 Å². The number of carbonyl (C=O) groups is 1. The summed E-state index contributed by atoms with van der Waals surface area (Å²) in [6.07, 6.45) is 3.18. The summed E-state index contributed by atoms with van der Waals surface area (Å²) in [6, 6.07) is 9.64. The SMILES string of the molecule is O=C(O)c1ccncc1NCCCS(=O)(=O)c1ccccc1. The second-order valence-electron chi connectivity index (χ2n) is 4.64. The number of carboxylic acids is 1. The number of sulfone groups is 1. The summed E-state index contributed by atoms with van der Waals surface area (Å²) in [5, 5.41) is 11.9. The van der Waals surface area contributed by atoms with Gasteiger partial charge in [0.15, 0.2) is 9.84 Å². The minimum Gasteiger partial charge on any atom is -0.478 e. The van der Waals surface area contributed by atoms with Gasteiger partial charge in [0.2, 0.25) is 0 Å². The number of benzene rings is 1.